The van der Waals surface area contributed by atoms with Crippen LogP contribution < -0.4 is 16.6 Å². The molecule has 1 amide bonds. The second kappa shape index (κ2) is 9.84. The summed E-state index contributed by atoms with van der Waals surface area (Å²) < 4.78 is 1.17. The first kappa shape index (κ1) is 22.6. The maximum absolute atomic E-state index is 12.5. The minimum Gasteiger partial charge on any atom is -0.390 e. The van der Waals surface area contributed by atoms with Crippen LogP contribution in [0.2, 0.25) is 0 Å². The Balaban J connectivity index is 1.49. The van der Waals surface area contributed by atoms with E-state index in [0.717, 1.165) is 0 Å². The van der Waals surface area contributed by atoms with Gasteiger partial charge in [-0.3, -0.25) is 19.1 Å². The molecule has 31 heavy (non-hydrogen) atoms. The summed E-state index contributed by atoms with van der Waals surface area (Å²) in [5.41, 5.74) is -2.68. The summed E-state index contributed by atoms with van der Waals surface area (Å²) in [6.45, 7) is 0.423. The van der Waals surface area contributed by atoms with E-state index in [2.05, 4.69) is 20.3 Å². The van der Waals surface area contributed by atoms with E-state index in [-0.39, 0.29) is 31.3 Å². The molecule has 3 atom stereocenters. The number of anilines is 1. The summed E-state index contributed by atoms with van der Waals surface area (Å²) >= 11 is 0. The predicted molar refractivity (Wildman–Crippen MR) is 112 cm³/mol. The average Bonchev–Trinajstić information content (AvgIpc) is 2.75. The van der Waals surface area contributed by atoms with Crippen molar-refractivity contribution in [3.05, 3.63) is 51.6 Å². The molecule has 1 fully saturated rings. The fraction of sp³-hybridized carbons (Fsp3) is 0.550. The van der Waals surface area contributed by atoms with Crippen molar-refractivity contribution in [2.75, 3.05) is 18.9 Å². The number of amides is 1. The zero-order chi connectivity index (χ0) is 22.4. The van der Waals surface area contributed by atoms with Gasteiger partial charge in [-0.25, -0.2) is 14.8 Å². The number of hydrogen-bond donors (Lipinski definition) is 4. The lowest BCUT2D eigenvalue weighted by molar-refractivity contribution is -0.143. The van der Waals surface area contributed by atoms with Crippen molar-refractivity contribution in [1.82, 2.24) is 24.4 Å². The van der Waals surface area contributed by atoms with E-state index in [9.17, 15) is 24.6 Å². The average molecular weight is 432 g/mol. The van der Waals surface area contributed by atoms with Gasteiger partial charge in [-0.1, -0.05) is 0 Å². The summed E-state index contributed by atoms with van der Waals surface area (Å²) in [7, 11) is 1.70. The number of aliphatic hydroxyl groups excluding tert-OH is 1. The van der Waals surface area contributed by atoms with Crippen LogP contribution in [0.25, 0.3) is 0 Å². The molecule has 2 aromatic heterocycles. The molecule has 0 aromatic carbocycles. The number of H-pyrrole nitrogens is 1. The van der Waals surface area contributed by atoms with E-state index in [1.165, 1.54) is 16.8 Å². The van der Waals surface area contributed by atoms with Gasteiger partial charge in [0.15, 0.2) is 0 Å². The third-order valence-electron chi connectivity index (χ3n) is 5.72. The van der Waals surface area contributed by atoms with Gasteiger partial charge in [0, 0.05) is 50.7 Å². The molecule has 1 aliphatic rings. The first-order chi connectivity index (χ1) is 14.8. The van der Waals surface area contributed by atoms with Crippen molar-refractivity contribution in [1.29, 1.82) is 0 Å². The molecule has 168 valence electrons. The van der Waals surface area contributed by atoms with Crippen molar-refractivity contribution in [3.63, 3.8) is 0 Å². The third kappa shape index (κ3) is 5.76. The number of hydrogen-bond acceptors (Lipinski definition) is 8. The predicted octanol–water partition coefficient (Wildman–Crippen LogP) is -0.678. The molecular weight excluding hydrogens is 404 g/mol. The van der Waals surface area contributed by atoms with Gasteiger partial charge in [-0.05, 0) is 31.7 Å². The van der Waals surface area contributed by atoms with Crippen molar-refractivity contribution >= 4 is 11.9 Å². The minimum atomic E-state index is -1.51. The number of aromatic nitrogens is 4. The lowest BCUT2D eigenvalue weighted by atomic mass is 9.79. The zero-order valence-electron chi connectivity index (χ0n) is 17.4. The van der Waals surface area contributed by atoms with E-state index >= 15 is 0 Å². The largest absolute Gasteiger partial charge is 0.390 e. The normalized spacial score (nSPS) is 23.3. The number of carbonyl (C=O) groups is 1. The van der Waals surface area contributed by atoms with Crippen LogP contribution in [0.3, 0.4) is 0 Å². The highest BCUT2D eigenvalue weighted by atomic mass is 16.3. The van der Waals surface area contributed by atoms with Gasteiger partial charge in [0.1, 0.15) is 5.60 Å². The standard InChI is InChI=1S/C20H28N6O5/c1-25(17(29)4-2-8-21-18-22-9-3-10-23-18)14-5-7-20(31,15(27)12-14)13-26-11-6-16(28)24-19(26)30/h3,6,9-11,14-15,27,31H,2,4-5,7-8,12-13H2,1H3,(H,21,22,23)(H,24,28,30)/t14-,15+,20+/m0/s1. The first-order valence-electron chi connectivity index (χ1n) is 10.3. The van der Waals surface area contributed by atoms with Crippen molar-refractivity contribution < 1.29 is 15.0 Å². The Bertz CT molecular complexity index is 993. The molecule has 11 nitrogen and oxygen atoms in total. The van der Waals surface area contributed by atoms with Gasteiger partial charge >= 0.3 is 5.69 Å². The maximum atomic E-state index is 12.5. The van der Waals surface area contributed by atoms with Gasteiger partial charge in [-0.15, -0.1) is 0 Å². The van der Waals surface area contributed by atoms with E-state index in [4.69, 9.17) is 0 Å². The molecule has 0 spiro atoms. The van der Waals surface area contributed by atoms with Gasteiger partial charge in [0.2, 0.25) is 11.9 Å². The van der Waals surface area contributed by atoms with Crippen LogP contribution in [-0.2, 0) is 11.3 Å². The lowest BCUT2D eigenvalue weighted by Crippen LogP contribution is -2.55. The number of nitrogens with zero attached hydrogens (tertiary/aromatic N) is 4. The van der Waals surface area contributed by atoms with Crippen LogP contribution in [0, 0.1) is 0 Å². The molecule has 1 aliphatic carbocycles. The molecular formula is C20H28N6O5. The Morgan fingerprint density at radius 2 is 2.13 bits per heavy atom. The van der Waals surface area contributed by atoms with E-state index < -0.39 is 23.0 Å². The number of nitrogens with one attached hydrogen (secondary N) is 2. The number of aliphatic hydroxyl groups is 2. The SMILES string of the molecule is CN(C(=O)CCCNc1ncccn1)[C@H]1CC[C@@](O)(Cn2ccc(=O)[nH]c2=O)[C@H](O)C1. The Hall–Kier alpha value is -3.05. The number of rotatable bonds is 8. The fourth-order valence-electron chi connectivity index (χ4n) is 3.79. The van der Waals surface area contributed by atoms with Gasteiger partial charge in [0.05, 0.1) is 12.6 Å². The van der Waals surface area contributed by atoms with Crippen LogP contribution in [0.1, 0.15) is 32.1 Å². The summed E-state index contributed by atoms with van der Waals surface area (Å²) in [5, 5.41) is 24.5. The van der Waals surface area contributed by atoms with Crippen LogP contribution in [-0.4, -0.2) is 71.9 Å². The van der Waals surface area contributed by atoms with Crippen molar-refractivity contribution in [2.24, 2.45) is 0 Å². The van der Waals surface area contributed by atoms with Crippen LogP contribution >= 0.6 is 0 Å². The molecule has 0 radical (unpaired) electrons. The van der Waals surface area contributed by atoms with Crippen LogP contribution in [0.5, 0.6) is 0 Å². The highest BCUT2D eigenvalue weighted by molar-refractivity contribution is 5.76. The molecule has 1 saturated carbocycles. The van der Waals surface area contributed by atoms with E-state index in [1.807, 2.05) is 0 Å². The second-order valence-corrected chi connectivity index (χ2v) is 7.89. The molecule has 3 rings (SSSR count). The lowest BCUT2D eigenvalue weighted by Gasteiger charge is -2.43. The van der Waals surface area contributed by atoms with Gasteiger partial charge in [0.25, 0.3) is 5.56 Å². The number of carbonyl (C=O) groups excluding carboxylic acids is 1. The quantitative estimate of drug-likeness (QED) is 0.400. The van der Waals surface area contributed by atoms with Crippen molar-refractivity contribution in [3.8, 4) is 0 Å². The van der Waals surface area contributed by atoms with Crippen LogP contribution in [0.15, 0.2) is 40.3 Å². The Morgan fingerprint density at radius 1 is 1.39 bits per heavy atom. The molecule has 4 N–H and O–H groups in total. The molecule has 0 aliphatic heterocycles. The Labute approximate surface area is 178 Å². The smallest absolute Gasteiger partial charge is 0.328 e. The Morgan fingerprint density at radius 3 is 2.81 bits per heavy atom. The summed E-state index contributed by atoms with van der Waals surface area (Å²) in [6.07, 6.45) is 5.30. The number of aromatic amines is 1. The van der Waals surface area contributed by atoms with E-state index in [1.54, 1.807) is 30.4 Å². The van der Waals surface area contributed by atoms with Gasteiger partial charge < -0.3 is 20.4 Å². The topological polar surface area (TPSA) is 153 Å². The monoisotopic (exact) mass is 432 g/mol. The summed E-state index contributed by atoms with van der Waals surface area (Å²) in [5.74, 6) is 0.467. The molecule has 2 heterocycles. The summed E-state index contributed by atoms with van der Waals surface area (Å²) in [4.78, 5) is 47.5. The highest BCUT2D eigenvalue weighted by Gasteiger charge is 2.43. The van der Waals surface area contributed by atoms with Crippen LogP contribution in [0.4, 0.5) is 5.95 Å². The molecule has 11 heteroatoms. The molecule has 0 unspecified atom stereocenters. The summed E-state index contributed by atoms with van der Waals surface area (Å²) in [6, 6.07) is 2.71. The maximum Gasteiger partial charge on any atom is 0.328 e. The van der Waals surface area contributed by atoms with Crippen molar-refractivity contribution in [2.45, 2.75) is 56.4 Å². The molecule has 0 bridgehead atoms. The highest BCUT2D eigenvalue weighted by Crippen LogP contribution is 2.32. The molecule has 2 aromatic rings. The Kier molecular flexibility index (Phi) is 7.18. The minimum absolute atomic E-state index is 0.0460. The third-order valence-corrected chi connectivity index (χ3v) is 5.72. The second-order valence-electron chi connectivity index (χ2n) is 7.89. The molecule has 0 saturated heterocycles. The van der Waals surface area contributed by atoms with E-state index in [0.29, 0.717) is 31.8 Å². The first-order valence-corrected chi connectivity index (χ1v) is 10.3. The fourth-order valence-corrected chi connectivity index (χ4v) is 3.79. The van der Waals surface area contributed by atoms with Gasteiger partial charge in [-0.2, -0.15) is 0 Å². The zero-order valence-corrected chi connectivity index (χ0v) is 17.4.